The number of carbonyl (C=O) groups is 3. The van der Waals surface area contributed by atoms with E-state index in [0.717, 1.165) is 0 Å². The van der Waals surface area contributed by atoms with Gasteiger partial charge >= 0.3 is 0 Å². The molecule has 3 aromatic rings. The fraction of sp³-hybridized carbons (Fsp3) is 0.240. The van der Waals surface area contributed by atoms with E-state index in [9.17, 15) is 14.4 Å². The summed E-state index contributed by atoms with van der Waals surface area (Å²) in [4.78, 5) is 41.3. The van der Waals surface area contributed by atoms with Gasteiger partial charge in [0.25, 0.3) is 5.91 Å². The van der Waals surface area contributed by atoms with Crippen LogP contribution in [0.4, 0.5) is 5.69 Å². The number of hydrogen-bond acceptors (Lipinski definition) is 4. The highest BCUT2D eigenvalue weighted by atomic mass is 35.5. The van der Waals surface area contributed by atoms with Gasteiger partial charge < -0.3 is 10.6 Å². The maximum absolute atomic E-state index is 13.5. The summed E-state index contributed by atoms with van der Waals surface area (Å²) in [6, 6.07) is 18.3. The summed E-state index contributed by atoms with van der Waals surface area (Å²) in [7, 11) is 0. The molecule has 2 aromatic carbocycles. The first kappa shape index (κ1) is 24.5. The molecular weight excluding hydrogens is 458 g/mol. The number of rotatable bonds is 7. The molecule has 0 radical (unpaired) electrons. The van der Waals surface area contributed by atoms with Crippen LogP contribution in [0, 0.1) is 0 Å². The minimum atomic E-state index is -0.989. The lowest BCUT2D eigenvalue weighted by atomic mass is 10.0. The van der Waals surface area contributed by atoms with Crippen molar-refractivity contribution in [3.63, 3.8) is 0 Å². The van der Waals surface area contributed by atoms with Crippen LogP contribution in [0.1, 0.15) is 42.0 Å². The van der Waals surface area contributed by atoms with E-state index in [2.05, 4.69) is 10.6 Å². The minimum Gasteiger partial charge on any atom is -0.349 e. The molecule has 1 atom stereocenters. The van der Waals surface area contributed by atoms with Gasteiger partial charge in [-0.15, -0.1) is 11.3 Å². The first-order valence-corrected chi connectivity index (χ1v) is 11.7. The molecule has 0 aliphatic rings. The van der Waals surface area contributed by atoms with Crippen LogP contribution < -0.4 is 15.5 Å². The molecule has 33 heavy (non-hydrogen) atoms. The molecule has 0 saturated heterocycles. The molecule has 172 valence electrons. The SMILES string of the molecule is CC(C)(C)NC(=O)[C@@H](c1ccccc1)N(C(=O)CNC(=O)c1cccs1)c1ccccc1Cl. The second-order valence-electron chi connectivity index (χ2n) is 8.43. The molecule has 0 bridgehead atoms. The third-order valence-electron chi connectivity index (χ3n) is 4.65. The number of anilines is 1. The quantitative estimate of drug-likeness (QED) is 0.505. The van der Waals surface area contributed by atoms with Gasteiger partial charge in [-0.2, -0.15) is 0 Å². The third-order valence-corrected chi connectivity index (χ3v) is 5.83. The van der Waals surface area contributed by atoms with Crippen LogP contribution in [-0.4, -0.2) is 29.8 Å². The number of nitrogens with zero attached hydrogens (tertiary/aromatic N) is 1. The van der Waals surface area contributed by atoms with Gasteiger partial charge in [0.15, 0.2) is 0 Å². The Hall–Kier alpha value is -3.16. The highest BCUT2D eigenvalue weighted by Gasteiger charge is 2.35. The van der Waals surface area contributed by atoms with E-state index in [1.807, 2.05) is 26.8 Å². The van der Waals surface area contributed by atoms with Crippen molar-refractivity contribution in [2.45, 2.75) is 32.4 Å². The third kappa shape index (κ3) is 6.43. The van der Waals surface area contributed by atoms with Gasteiger partial charge in [-0.25, -0.2) is 0 Å². The Labute approximate surface area is 202 Å². The molecule has 6 nitrogen and oxygen atoms in total. The molecule has 0 aliphatic carbocycles. The normalized spacial score (nSPS) is 12.0. The molecule has 2 N–H and O–H groups in total. The summed E-state index contributed by atoms with van der Waals surface area (Å²) < 4.78 is 0. The molecule has 1 aromatic heterocycles. The summed E-state index contributed by atoms with van der Waals surface area (Å²) >= 11 is 7.75. The van der Waals surface area contributed by atoms with Crippen LogP contribution in [0.2, 0.25) is 5.02 Å². The van der Waals surface area contributed by atoms with Crippen LogP contribution in [0.5, 0.6) is 0 Å². The van der Waals surface area contributed by atoms with Crippen molar-refractivity contribution in [1.29, 1.82) is 0 Å². The number of nitrogens with one attached hydrogen (secondary N) is 2. The summed E-state index contributed by atoms with van der Waals surface area (Å²) in [6.07, 6.45) is 0. The Kier molecular flexibility index (Phi) is 7.89. The molecule has 3 rings (SSSR count). The van der Waals surface area contributed by atoms with Crippen molar-refractivity contribution in [3.8, 4) is 0 Å². The number of para-hydroxylation sites is 1. The van der Waals surface area contributed by atoms with Crippen molar-refractivity contribution in [3.05, 3.63) is 87.6 Å². The average Bonchev–Trinajstić information content (AvgIpc) is 3.30. The second kappa shape index (κ2) is 10.6. The number of benzene rings is 2. The molecule has 0 aliphatic heterocycles. The molecule has 3 amide bonds. The van der Waals surface area contributed by atoms with Crippen molar-refractivity contribution < 1.29 is 14.4 Å². The van der Waals surface area contributed by atoms with Gasteiger partial charge in [-0.1, -0.05) is 60.1 Å². The van der Waals surface area contributed by atoms with E-state index in [1.165, 1.54) is 16.2 Å². The number of hydrogen-bond donors (Lipinski definition) is 2. The predicted octanol–water partition coefficient (Wildman–Crippen LogP) is 4.82. The molecule has 0 spiro atoms. The van der Waals surface area contributed by atoms with E-state index < -0.39 is 17.5 Å². The van der Waals surface area contributed by atoms with E-state index >= 15 is 0 Å². The van der Waals surface area contributed by atoms with Crippen LogP contribution in [0.25, 0.3) is 0 Å². The summed E-state index contributed by atoms with van der Waals surface area (Å²) in [5.41, 5.74) is 0.483. The van der Waals surface area contributed by atoms with Crippen molar-refractivity contribution in [1.82, 2.24) is 10.6 Å². The number of halogens is 1. The van der Waals surface area contributed by atoms with Crippen LogP contribution in [0.15, 0.2) is 72.1 Å². The fourth-order valence-electron chi connectivity index (χ4n) is 3.29. The largest absolute Gasteiger partial charge is 0.349 e. The monoisotopic (exact) mass is 483 g/mol. The minimum absolute atomic E-state index is 0.298. The van der Waals surface area contributed by atoms with Crippen LogP contribution in [-0.2, 0) is 9.59 Å². The molecular formula is C25H26ClN3O3S. The summed E-state index contributed by atoms with van der Waals surface area (Å²) in [5, 5.41) is 7.73. The fourth-order valence-corrected chi connectivity index (χ4v) is 4.16. The average molecular weight is 484 g/mol. The van der Waals surface area contributed by atoms with Gasteiger partial charge in [0.05, 0.1) is 22.1 Å². The maximum Gasteiger partial charge on any atom is 0.261 e. The lowest BCUT2D eigenvalue weighted by molar-refractivity contribution is -0.127. The zero-order valence-electron chi connectivity index (χ0n) is 18.7. The Balaban J connectivity index is 2.01. The molecule has 8 heteroatoms. The van der Waals surface area contributed by atoms with Gasteiger partial charge in [0.2, 0.25) is 11.8 Å². The van der Waals surface area contributed by atoms with Gasteiger partial charge in [0, 0.05) is 5.54 Å². The first-order valence-electron chi connectivity index (χ1n) is 10.4. The topological polar surface area (TPSA) is 78.5 Å². The molecule has 1 heterocycles. The Morgan fingerprint density at radius 3 is 2.24 bits per heavy atom. The van der Waals surface area contributed by atoms with Crippen LogP contribution >= 0.6 is 22.9 Å². The smallest absolute Gasteiger partial charge is 0.261 e. The van der Waals surface area contributed by atoms with E-state index in [4.69, 9.17) is 11.6 Å². The van der Waals surface area contributed by atoms with Gasteiger partial charge in [-0.3, -0.25) is 19.3 Å². The predicted molar refractivity (Wildman–Crippen MR) is 133 cm³/mol. The standard InChI is InChI=1S/C25H26ClN3O3S/c1-25(2,3)28-24(32)22(17-10-5-4-6-11-17)29(19-13-8-7-12-18(19)26)21(30)16-27-23(31)20-14-9-15-33-20/h4-15,22H,16H2,1-3H3,(H,27,31)(H,28,32)/t22-/m1/s1. The number of thiophene rings is 1. The number of amides is 3. The first-order chi connectivity index (χ1) is 15.7. The Morgan fingerprint density at radius 2 is 1.64 bits per heavy atom. The lowest BCUT2D eigenvalue weighted by Gasteiger charge is -2.34. The zero-order chi connectivity index (χ0) is 24.0. The number of carbonyl (C=O) groups excluding carboxylic acids is 3. The Morgan fingerprint density at radius 1 is 0.970 bits per heavy atom. The van der Waals surface area contributed by atoms with Crippen LogP contribution in [0.3, 0.4) is 0 Å². The molecule has 0 unspecified atom stereocenters. The summed E-state index contributed by atoms with van der Waals surface area (Å²) in [6.45, 7) is 5.32. The van der Waals surface area contributed by atoms with Gasteiger partial charge in [0.1, 0.15) is 6.04 Å². The summed E-state index contributed by atoms with van der Waals surface area (Å²) in [5.74, 6) is -1.18. The van der Waals surface area contributed by atoms with E-state index in [0.29, 0.717) is 21.2 Å². The molecule has 0 fully saturated rings. The highest BCUT2D eigenvalue weighted by molar-refractivity contribution is 7.12. The van der Waals surface area contributed by atoms with Crippen molar-refractivity contribution in [2.75, 3.05) is 11.4 Å². The zero-order valence-corrected chi connectivity index (χ0v) is 20.2. The highest BCUT2D eigenvalue weighted by Crippen LogP contribution is 2.33. The Bertz CT molecular complexity index is 1110. The van der Waals surface area contributed by atoms with Crippen molar-refractivity contribution in [2.24, 2.45) is 0 Å². The second-order valence-corrected chi connectivity index (χ2v) is 9.78. The van der Waals surface area contributed by atoms with Crippen molar-refractivity contribution >= 4 is 46.3 Å². The maximum atomic E-state index is 13.5. The lowest BCUT2D eigenvalue weighted by Crippen LogP contribution is -2.51. The van der Waals surface area contributed by atoms with E-state index in [1.54, 1.807) is 66.0 Å². The van der Waals surface area contributed by atoms with E-state index in [-0.39, 0.29) is 18.4 Å². The molecule has 0 saturated carbocycles. The van der Waals surface area contributed by atoms with Gasteiger partial charge in [-0.05, 0) is 49.9 Å².